The van der Waals surface area contributed by atoms with Gasteiger partial charge in [-0.05, 0) is 94.2 Å². The molecular weight excluding hydrogens is 1570 g/mol. The molecule has 0 unspecified atom stereocenters. The van der Waals surface area contributed by atoms with Gasteiger partial charge in [-0.25, -0.2) is 61.5 Å². The normalized spacial score (nSPS) is 13.1. The number of anilines is 5. The Morgan fingerprint density at radius 3 is 1.11 bits per heavy atom. The van der Waals surface area contributed by atoms with Gasteiger partial charge in [-0.3, -0.25) is 19.8 Å². The van der Waals surface area contributed by atoms with E-state index in [4.69, 9.17) is 39.9 Å². The third-order valence-electron chi connectivity index (χ3n) is 16.1. The second-order valence-corrected chi connectivity index (χ2v) is 30.1. The molecule has 0 bridgehead atoms. The monoisotopic (exact) mass is 1640 g/mol. The van der Waals surface area contributed by atoms with Crippen LogP contribution in [-0.4, -0.2) is 220 Å². The summed E-state index contributed by atoms with van der Waals surface area (Å²) in [6, 6.07) is 38.1. The zero-order valence-electron chi connectivity index (χ0n) is 59.2. The Bertz CT molecular complexity index is 5110. The summed E-state index contributed by atoms with van der Waals surface area (Å²) >= 11 is 6.51. The molecule has 4 aromatic carbocycles. The number of nitrogen functional groups attached to an aromatic ring is 3. The van der Waals surface area contributed by atoms with Gasteiger partial charge < -0.3 is 49.4 Å². The van der Waals surface area contributed by atoms with Crippen molar-refractivity contribution in [2.24, 2.45) is 0 Å². The van der Waals surface area contributed by atoms with Crippen LogP contribution in [0.4, 0.5) is 29.1 Å². The summed E-state index contributed by atoms with van der Waals surface area (Å²) < 4.78 is 73.9. The average molecular weight is 1650 g/mol. The molecular formula is C70H71Br2N25O10S2. The number of nitrogens with zero attached hydrogens (tertiary/aromatic N) is 22. The highest BCUT2D eigenvalue weighted by Crippen LogP contribution is 2.31. The van der Waals surface area contributed by atoms with Gasteiger partial charge in [-0.1, -0.05) is 72.8 Å². The maximum absolute atomic E-state index is 11.4. The topological polar surface area (TPSA) is 470 Å². The van der Waals surface area contributed by atoms with Gasteiger partial charge in [-0.2, -0.15) is 0 Å². The molecule has 13 aromatic rings. The number of aromatic nitrogens is 18. The minimum absolute atomic E-state index is 0.0509. The van der Waals surface area contributed by atoms with Crippen LogP contribution in [0.1, 0.15) is 21.9 Å². The summed E-state index contributed by atoms with van der Waals surface area (Å²) in [5.74, 6) is 4.61. The van der Waals surface area contributed by atoms with Gasteiger partial charge in [0.05, 0.1) is 54.8 Å². The Morgan fingerprint density at radius 1 is 0.413 bits per heavy atom. The maximum Gasteiger partial charge on any atom is 0.360 e. The summed E-state index contributed by atoms with van der Waals surface area (Å²) in [6.45, 7) is 10.8. The number of methoxy groups -OCH3 is 1. The number of hydrogen-bond donors (Lipinski definition) is 3. The summed E-state index contributed by atoms with van der Waals surface area (Å²) in [6.07, 6.45) is 11.8. The van der Waals surface area contributed by atoms with Crippen molar-refractivity contribution in [3.8, 4) is 92.2 Å². The predicted octanol–water partition coefficient (Wildman–Crippen LogP) is 8.26. The first-order valence-corrected chi connectivity index (χ1v) is 39.0. The summed E-state index contributed by atoms with van der Waals surface area (Å²) in [7, 11) is -4.65. The van der Waals surface area contributed by atoms with Gasteiger partial charge in [0.15, 0.2) is 40.2 Å². The quantitative estimate of drug-likeness (QED) is 0.0722. The first kappa shape index (κ1) is 78.2. The third-order valence-corrected chi connectivity index (χ3v) is 18.7. The van der Waals surface area contributed by atoms with Crippen molar-refractivity contribution in [1.29, 1.82) is 0 Å². The summed E-state index contributed by atoms with van der Waals surface area (Å²) in [4.78, 5) is 61.4. The van der Waals surface area contributed by atoms with Crippen LogP contribution in [0.3, 0.4) is 0 Å². The van der Waals surface area contributed by atoms with Crippen molar-refractivity contribution >= 4 is 86.6 Å². The van der Waals surface area contributed by atoms with Gasteiger partial charge in [0, 0.05) is 113 Å². The standard InChI is InChI=1S/C20H24N6O3S.C19H23N7O3S.C13H9BrN4O.C12H8BrN5O.C6H7N3O2/c1-15-18(20-24-23-19(29-20)16-6-4-3-5-7-16)22-17(14-21-15)26-10-8-25(9-11-26)12-13-30(2,27)28;1-30(27,28)12-11-25-7-9-26(10-8-25)15-13-21-17(20)16(22-15)19-24-23-18(29-19)14-5-3-2-4-6-14;1-8-11(16-10(14)7-15-8)13-18-17-12(19-13)9-5-3-2-4-6-9;13-8-6-15-10(14)9(16-8)12-18-17-11(19-12)7-4-2-1-3-5-7;1-11-6(10)4-5(7)9-3-2-8-4/h3-7,14H,8-13H2,1-2H3;2-6,13H,7-12H2,1H3,(H2,20,21);2-7H,1H3;1-6H,(H2,14,15);2-3H,1H3,(H2,7,9). The Labute approximate surface area is 641 Å². The van der Waals surface area contributed by atoms with E-state index in [-0.39, 0.29) is 46.4 Å². The number of carbonyl (C=O) groups excluding carboxylic acids is 1. The number of aryl methyl sites for hydroxylation is 2. The van der Waals surface area contributed by atoms with Gasteiger partial charge in [0.1, 0.15) is 46.2 Å². The van der Waals surface area contributed by atoms with E-state index in [9.17, 15) is 21.6 Å². The maximum atomic E-state index is 11.4. The molecule has 0 saturated carbocycles. The molecule has 11 heterocycles. The van der Waals surface area contributed by atoms with Crippen molar-refractivity contribution in [1.82, 2.24) is 100 Å². The summed E-state index contributed by atoms with van der Waals surface area (Å²) in [5.41, 5.74) is 23.8. The number of halogens is 2. The molecule has 6 N–H and O–H groups in total. The highest BCUT2D eigenvalue weighted by atomic mass is 79.9. The zero-order valence-corrected chi connectivity index (χ0v) is 64.0. The van der Waals surface area contributed by atoms with E-state index in [0.717, 1.165) is 73.0 Å². The van der Waals surface area contributed by atoms with Crippen LogP contribution in [-0.2, 0) is 24.4 Å². The first-order chi connectivity index (χ1) is 52.5. The fraction of sp³-hybridized carbons (Fsp3) is 0.243. The number of sulfone groups is 2. The van der Waals surface area contributed by atoms with Crippen molar-refractivity contribution in [3.63, 3.8) is 0 Å². The van der Waals surface area contributed by atoms with Crippen molar-refractivity contribution in [3.05, 3.63) is 185 Å². The van der Waals surface area contributed by atoms with E-state index in [1.807, 2.05) is 135 Å². The van der Waals surface area contributed by atoms with Crippen molar-refractivity contribution in [2.75, 3.05) is 124 Å². The first-order valence-electron chi connectivity index (χ1n) is 33.3. The molecule has 2 aliphatic rings. The van der Waals surface area contributed by atoms with E-state index in [0.29, 0.717) is 105 Å². The molecule has 109 heavy (non-hydrogen) atoms. The molecule has 2 saturated heterocycles. The number of nitrogens with two attached hydrogens (primary N) is 3. The number of hydrogen-bond acceptors (Lipinski definition) is 35. The number of carbonyl (C=O) groups is 1. The molecule has 39 heteroatoms. The Balaban J connectivity index is 0.000000140. The molecule has 15 rings (SSSR count). The minimum Gasteiger partial charge on any atom is -0.464 e. The molecule has 2 aliphatic heterocycles. The molecule has 0 amide bonds. The number of esters is 1. The van der Waals surface area contributed by atoms with E-state index in [1.165, 1.54) is 38.2 Å². The lowest BCUT2D eigenvalue weighted by atomic mass is 10.2. The molecule has 0 spiro atoms. The van der Waals surface area contributed by atoms with E-state index in [2.05, 4.69) is 142 Å². The second kappa shape index (κ2) is 36.6. The highest BCUT2D eigenvalue weighted by Gasteiger charge is 2.26. The van der Waals surface area contributed by atoms with Crippen molar-refractivity contribution in [2.45, 2.75) is 13.8 Å². The number of benzene rings is 4. The molecule has 35 nitrogen and oxygen atoms in total. The lowest BCUT2D eigenvalue weighted by Gasteiger charge is -2.35. The molecule has 9 aromatic heterocycles. The van der Waals surface area contributed by atoms with E-state index >= 15 is 0 Å². The number of ether oxygens (including phenoxy) is 1. The lowest BCUT2D eigenvalue weighted by molar-refractivity contribution is 0.0594. The second-order valence-electron chi connectivity index (χ2n) is 24.0. The zero-order chi connectivity index (χ0) is 77.0. The number of piperazine rings is 2. The molecule has 562 valence electrons. The Kier molecular flexibility index (Phi) is 26.2. The number of rotatable bonds is 17. The fourth-order valence-corrected chi connectivity index (χ4v) is 12.1. The van der Waals surface area contributed by atoms with E-state index < -0.39 is 25.6 Å². The largest absolute Gasteiger partial charge is 0.464 e. The Hall–Kier alpha value is -11.9. The van der Waals surface area contributed by atoms with Gasteiger partial charge in [-0.15, -0.1) is 40.8 Å². The van der Waals surface area contributed by atoms with Gasteiger partial charge in [0.2, 0.25) is 23.6 Å². The smallest absolute Gasteiger partial charge is 0.360 e. The minimum atomic E-state index is -2.96. The highest BCUT2D eigenvalue weighted by molar-refractivity contribution is 9.10. The van der Waals surface area contributed by atoms with Crippen LogP contribution < -0.4 is 27.0 Å². The SMILES string of the molecule is COC(=O)c1nccnc1N.CS(=O)(=O)CCN1CCN(c2cnc(N)c(-c3nnc(-c4ccccc4)o3)n2)CC1.Cc1ncc(Br)nc1-c1nnc(-c2ccccc2)o1.Cc1ncc(N2CCN(CCS(C)(=O)=O)CC2)nc1-c1nnc(-c2ccccc2)o1.Nc1ncc(Br)nc1-c1nnc(-c2ccccc2)o1. The third kappa shape index (κ3) is 21.9. The van der Waals surface area contributed by atoms with Crippen LogP contribution >= 0.6 is 31.9 Å². The lowest BCUT2D eigenvalue weighted by Crippen LogP contribution is -2.48. The van der Waals surface area contributed by atoms with Crippen LogP contribution in [0, 0.1) is 13.8 Å². The van der Waals surface area contributed by atoms with Crippen molar-refractivity contribution < 1.29 is 44.0 Å². The van der Waals surface area contributed by atoms with Crippen LogP contribution in [0.2, 0.25) is 0 Å². The molecule has 0 aliphatic carbocycles. The Morgan fingerprint density at radius 2 is 0.725 bits per heavy atom. The molecule has 0 atom stereocenters. The van der Waals surface area contributed by atoms with Crippen LogP contribution in [0.5, 0.6) is 0 Å². The van der Waals surface area contributed by atoms with E-state index in [1.54, 1.807) is 18.6 Å². The summed E-state index contributed by atoms with van der Waals surface area (Å²) in [5, 5.41) is 32.5. The predicted molar refractivity (Wildman–Crippen MR) is 411 cm³/mol. The van der Waals surface area contributed by atoms with Crippen LogP contribution in [0.25, 0.3) is 92.2 Å². The molecule has 0 radical (unpaired) electrons. The van der Waals surface area contributed by atoms with Gasteiger partial charge >= 0.3 is 5.97 Å². The fourth-order valence-electron chi connectivity index (χ4n) is 10.3. The van der Waals surface area contributed by atoms with Gasteiger partial charge in [0.25, 0.3) is 23.6 Å². The van der Waals surface area contributed by atoms with Crippen LogP contribution in [0.15, 0.2) is 185 Å². The molecule has 2 fully saturated rings. The average Bonchev–Trinajstić information content (AvgIpc) is 1.75.